The molecule has 0 saturated carbocycles. The Balaban J connectivity index is 2.07. The van der Waals surface area contributed by atoms with Crippen LogP contribution in [0.25, 0.3) is 0 Å². The van der Waals surface area contributed by atoms with Crippen molar-refractivity contribution >= 4 is 0 Å². The molecule has 0 bridgehead atoms. The number of ether oxygens (including phenoxy) is 1. The summed E-state index contributed by atoms with van der Waals surface area (Å²) < 4.78 is 5.73. The van der Waals surface area contributed by atoms with Gasteiger partial charge in [0.25, 0.3) is 0 Å². The smallest absolute Gasteiger partial charge is 0.127 e. The van der Waals surface area contributed by atoms with E-state index in [1.165, 1.54) is 0 Å². The number of rotatable bonds is 5. The van der Waals surface area contributed by atoms with Crippen LogP contribution in [0.15, 0.2) is 48.5 Å². The summed E-state index contributed by atoms with van der Waals surface area (Å²) in [4.78, 5) is 0. The zero-order chi connectivity index (χ0) is 13.5. The molecule has 0 amide bonds. The molecular weight excluding hydrogens is 238 g/mol. The fourth-order valence-corrected chi connectivity index (χ4v) is 1.78. The highest BCUT2D eigenvalue weighted by atomic mass is 16.5. The average Bonchev–Trinajstić information content (AvgIpc) is 2.46. The summed E-state index contributed by atoms with van der Waals surface area (Å²) in [6.07, 6.45) is 1.58. The normalized spacial score (nSPS) is 9.89. The fraction of sp³-hybridized carbons (Fsp3) is 0.188. The van der Waals surface area contributed by atoms with Gasteiger partial charge >= 0.3 is 0 Å². The van der Waals surface area contributed by atoms with Gasteiger partial charge in [-0.3, -0.25) is 0 Å². The molecule has 3 nitrogen and oxygen atoms in total. The highest BCUT2D eigenvalue weighted by Crippen LogP contribution is 2.22. The first-order chi connectivity index (χ1) is 9.31. The van der Waals surface area contributed by atoms with Gasteiger partial charge in [0.2, 0.25) is 0 Å². The SMILES string of the molecule is N#Cc1ccc(Oc2cccc(CCCO)c2)cc1. The third kappa shape index (κ3) is 3.84. The molecule has 2 rings (SSSR count). The number of nitrogens with zero attached hydrogens (tertiary/aromatic N) is 1. The van der Waals surface area contributed by atoms with Crippen molar-refractivity contribution in [3.8, 4) is 17.6 Å². The Hall–Kier alpha value is -2.31. The van der Waals surface area contributed by atoms with E-state index in [1.54, 1.807) is 24.3 Å². The van der Waals surface area contributed by atoms with Gasteiger partial charge in [0, 0.05) is 6.61 Å². The topological polar surface area (TPSA) is 53.2 Å². The second-order valence-electron chi connectivity index (χ2n) is 4.21. The van der Waals surface area contributed by atoms with Gasteiger partial charge in [-0.05, 0) is 54.8 Å². The quantitative estimate of drug-likeness (QED) is 0.889. The molecule has 0 spiro atoms. The minimum absolute atomic E-state index is 0.195. The van der Waals surface area contributed by atoms with Crippen LogP contribution in [0, 0.1) is 11.3 Å². The molecule has 19 heavy (non-hydrogen) atoms. The van der Waals surface area contributed by atoms with Gasteiger partial charge in [-0.15, -0.1) is 0 Å². The lowest BCUT2D eigenvalue weighted by Crippen LogP contribution is -1.90. The van der Waals surface area contributed by atoms with Gasteiger partial charge in [0.15, 0.2) is 0 Å². The molecule has 0 aliphatic rings. The standard InChI is InChI=1S/C16H15NO2/c17-12-14-6-8-15(9-7-14)19-16-5-1-3-13(11-16)4-2-10-18/h1,3,5-9,11,18H,2,4,10H2. The lowest BCUT2D eigenvalue weighted by atomic mass is 10.1. The molecule has 2 aromatic carbocycles. The molecule has 0 fully saturated rings. The lowest BCUT2D eigenvalue weighted by Gasteiger charge is -2.07. The van der Waals surface area contributed by atoms with Crippen LogP contribution in [0.2, 0.25) is 0 Å². The monoisotopic (exact) mass is 253 g/mol. The van der Waals surface area contributed by atoms with E-state index < -0.39 is 0 Å². The number of hydrogen-bond donors (Lipinski definition) is 1. The molecule has 3 heteroatoms. The summed E-state index contributed by atoms with van der Waals surface area (Å²) in [5.74, 6) is 1.47. The van der Waals surface area contributed by atoms with Crippen LogP contribution in [0.1, 0.15) is 17.5 Å². The van der Waals surface area contributed by atoms with Crippen LogP contribution in [-0.4, -0.2) is 11.7 Å². The number of nitriles is 1. The molecule has 0 heterocycles. The second-order valence-corrected chi connectivity index (χ2v) is 4.21. The highest BCUT2D eigenvalue weighted by molar-refractivity contribution is 5.38. The van der Waals surface area contributed by atoms with Crippen molar-refractivity contribution < 1.29 is 9.84 Å². The summed E-state index contributed by atoms with van der Waals surface area (Å²) in [5.41, 5.74) is 1.75. The van der Waals surface area contributed by atoms with Crippen molar-refractivity contribution in [2.45, 2.75) is 12.8 Å². The zero-order valence-corrected chi connectivity index (χ0v) is 10.5. The molecule has 0 saturated heterocycles. The number of aryl methyl sites for hydroxylation is 1. The average molecular weight is 253 g/mol. The summed E-state index contributed by atoms with van der Waals surface area (Å²) in [6.45, 7) is 0.195. The van der Waals surface area contributed by atoms with Gasteiger partial charge in [-0.25, -0.2) is 0 Å². The number of aliphatic hydroxyl groups is 1. The molecule has 0 unspecified atom stereocenters. The van der Waals surface area contributed by atoms with Crippen LogP contribution in [-0.2, 0) is 6.42 Å². The van der Waals surface area contributed by atoms with Gasteiger partial charge in [-0.2, -0.15) is 5.26 Å². The molecule has 96 valence electrons. The third-order valence-corrected chi connectivity index (χ3v) is 2.74. The summed E-state index contributed by atoms with van der Waals surface area (Å²) in [5, 5.41) is 17.5. The van der Waals surface area contributed by atoms with Crippen molar-refractivity contribution in [1.82, 2.24) is 0 Å². The molecule has 0 aromatic heterocycles. The maximum atomic E-state index is 8.82. The molecule has 0 aliphatic heterocycles. The maximum Gasteiger partial charge on any atom is 0.127 e. The lowest BCUT2D eigenvalue weighted by molar-refractivity contribution is 0.288. The van der Waals surface area contributed by atoms with E-state index in [-0.39, 0.29) is 6.61 Å². The first kappa shape index (κ1) is 13.1. The van der Waals surface area contributed by atoms with Crippen LogP contribution in [0.3, 0.4) is 0 Å². The largest absolute Gasteiger partial charge is 0.457 e. The van der Waals surface area contributed by atoms with E-state index in [9.17, 15) is 0 Å². The molecule has 0 radical (unpaired) electrons. The zero-order valence-electron chi connectivity index (χ0n) is 10.5. The first-order valence-corrected chi connectivity index (χ1v) is 6.19. The van der Waals surface area contributed by atoms with E-state index in [0.717, 1.165) is 24.2 Å². The summed E-state index contributed by atoms with van der Waals surface area (Å²) in [6, 6.07) is 16.9. The van der Waals surface area contributed by atoms with Crippen LogP contribution < -0.4 is 4.74 Å². The number of benzene rings is 2. The molecular formula is C16H15NO2. The van der Waals surface area contributed by atoms with E-state index in [0.29, 0.717) is 11.3 Å². The predicted octanol–water partition coefficient (Wildman–Crippen LogP) is 3.28. The Morgan fingerprint density at radius 3 is 2.53 bits per heavy atom. The fourth-order valence-electron chi connectivity index (χ4n) is 1.78. The molecule has 0 aliphatic carbocycles. The van der Waals surface area contributed by atoms with E-state index in [2.05, 4.69) is 6.07 Å². The molecule has 1 N–H and O–H groups in total. The first-order valence-electron chi connectivity index (χ1n) is 6.19. The van der Waals surface area contributed by atoms with Gasteiger partial charge in [-0.1, -0.05) is 12.1 Å². The van der Waals surface area contributed by atoms with Crippen LogP contribution in [0.5, 0.6) is 11.5 Å². The van der Waals surface area contributed by atoms with E-state index in [4.69, 9.17) is 15.1 Å². The Morgan fingerprint density at radius 1 is 1.05 bits per heavy atom. The van der Waals surface area contributed by atoms with E-state index >= 15 is 0 Å². The van der Waals surface area contributed by atoms with Crippen molar-refractivity contribution in [2.24, 2.45) is 0 Å². The van der Waals surface area contributed by atoms with Gasteiger partial charge in [0.1, 0.15) is 11.5 Å². The van der Waals surface area contributed by atoms with Gasteiger partial charge < -0.3 is 9.84 Å². The minimum atomic E-state index is 0.195. The van der Waals surface area contributed by atoms with Crippen LogP contribution in [0.4, 0.5) is 0 Å². The van der Waals surface area contributed by atoms with Crippen molar-refractivity contribution in [3.05, 3.63) is 59.7 Å². The van der Waals surface area contributed by atoms with Crippen molar-refractivity contribution in [3.63, 3.8) is 0 Å². The van der Waals surface area contributed by atoms with Crippen molar-refractivity contribution in [1.29, 1.82) is 5.26 Å². The summed E-state index contributed by atoms with van der Waals surface area (Å²) in [7, 11) is 0. The number of aliphatic hydroxyl groups excluding tert-OH is 1. The van der Waals surface area contributed by atoms with E-state index in [1.807, 2.05) is 24.3 Å². The van der Waals surface area contributed by atoms with Crippen molar-refractivity contribution in [2.75, 3.05) is 6.61 Å². The Kier molecular flexibility index (Phi) is 4.54. The Labute approximate surface area is 112 Å². The highest BCUT2D eigenvalue weighted by Gasteiger charge is 2.00. The summed E-state index contributed by atoms with van der Waals surface area (Å²) >= 11 is 0. The second kappa shape index (κ2) is 6.58. The number of hydrogen-bond acceptors (Lipinski definition) is 3. The van der Waals surface area contributed by atoms with Crippen LogP contribution >= 0.6 is 0 Å². The maximum absolute atomic E-state index is 8.82. The third-order valence-electron chi connectivity index (χ3n) is 2.74. The Morgan fingerprint density at radius 2 is 1.84 bits per heavy atom. The predicted molar refractivity (Wildman–Crippen MR) is 73.1 cm³/mol. The molecule has 2 aromatic rings. The minimum Gasteiger partial charge on any atom is -0.457 e. The molecule has 0 atom stereocenters. The van der Waals surface area contributed by atoms with Gasteiger partial charge in [0.05, 0.1) is 11.6 Å². The Bertz CT molecular complexity index is 570.